The Morgan fingerprint density at radius 3 is 2.63 bits per heavy atom. The molecule has 0 saturated heterocycles. The minimum atomic E-state index is -0.329. The first kappa shape index (κ1) is 14.0. The van der Waals surface area contributed by atoms with Gasteiger partial charge in [0.2, 0.25) is 0 Å². The van der Waals surface area contributed by atoms with E-state index in [1.54, 1.807) is 0 Å². The highest BCUT2D eigenvalue weighted by atomic mass is 35.5. The van der Waals surface area contributed by atoms with Gasteiger partial charge in [-0.05, 0) is 30.1 Å². The van der Waals surface area contributed by atoms with Crippen LogP contribution in [0.2, 0.25) is 10.0 Å². The van der Waals surface area contributed by atoms with Crippen molar-refractivity contribution in [3.8, 4) is 5.75 Å². The molecule has 2 aromatic rings. The van der Waals surface area contributed by atoms with Gasteiger partial charge in [0, 0.05) is 5.69 Å². The standard InChI is InChI=1S/C11H9Cl2N3O2S/c1-2-8-10(19-16-15-8)11(18)14-5-3-6(12)9(17)7(13)4-5/h3-4,17H,2H2,1H3,(H,14,18). The Balaban J connectivity index is 2.24. The first-order valence-electron chi connectivity index (χ1n) is 5.33. The second-order valence-corrected chi connectivity index (χ2v) is 5.21. The highest BCUT2D eigenvalue weighted by Crippen LogP contribution is 2.34. The summed E-state index contributed by atoms with van der Waals surface area (Å²) in [6.45, 7) is 1.89. The lowest BCUT2D eigenvalue weighted by atomic mass is 10.2. The maximum Gasteiger partial charge on any atom is 0.269 e. The molecule has 0 saturated carbocycles. The van der Waals surface area contributed by atoms with Crippen LogP contribution in [0.1, 0.15) is 22.3 Å². The van der Waals surface area contributed by atoms with Gasteiger partial charge in [-0.25, -0.2) is 0 Å². The zero-order chi connectivity index (χ0) is 14.0. The second-order valence-electron chi connectivity index (χ2n) is 3.64. The molecule has 0 radical (unpaired) electrons. The van der Waals surface area contributed by atoms with E-state index in [0.717, 1.165) is 11.5 Å². The molecule has 100 valence electrons. The number of carbonyl (C=O) groups is 1. The summed E-state index contributed by atoms with van der Waals surface area (Å²) in [5.41, 5.74) is 1.03. The highest BCUT2D eigenvalue weighted by Gasteiger charge is 2.16. The van der Waals surface area contributed by atoms with Crippen molar-refractivity contribution in [3.05, 3.63) is 32.7 Å². The predicted octanol–water partition coefficient (Wildman–Crippen LogP) is 3.37. The van der Waals surface area contributed by atoms with Gasteiger partial charge < -0.3 is 10.4 Å². The lowest BCUT2D eigenvalue weighted by Crippen LogP contribution is -2.12. The number of aryl methyl sites for hydroxylation is 1. The number of rotatable bonds is 3. The molecule has 0 atom stereocenters. The molecule has 0 bridgehead atoms. The second kappa shape index (κ2) is 5.73. The number of hydrogen-bond acceptors (Lipinski definition) is 5. The number of hydrogen-bond donors (Lipinski definition) is 2. The van der Waals surface area contributed by atoms with Crippen LogP contribution in [0.3, 0.4) is 0 Å². The quantitative estimate of drug-likeness (QED) is 0.851. The van der Waals surface area contributed by atoms with E-state index in [1.165, 1.54) is 12.1 Å². The maximum atomic E-state index is 12.0. The van der Waals surface area contributed by atoms with Crippen LogP contribution in [0, 0.1) is 0 Å². The molecule has 8 heteroatoms. The molecule has 0 spiro atoms. The van der Waals surface area contributed by atoms with Crippen molar-refractivity contribution in [3.63, 3.8) is 0 Å². The van der Waals surface area contributed by atoms with Crippen LogP contribution in [-0.4, -0.2) is 20.6 Å². The van der Waals surface area contributed by atoms with Crippen LogP contribution in [0.4, 0.5) is 5.69 Å². The monoisotopic (exact) mass is 317 g/mol. The van der Waals surface area contributed by atoms with E-state index in [0.29, 0.717) is 22.7 Å². The first-order chi connectivity index (χ1) is 9.02. The number of aromatic nitrogens is 2. The fraction of sp³-hybridized carbons (Fsp3) is 0.182. The number of benzene rings is 1. The predicted molar refractivity (Wildman–Crippen MR) is 75.4 cm³/mol. The Labute approximate surface area is 123 Å². The third kappa shape index (κ3) is 2.97. The van der Waals surface area contributed by atoms with Crippen molar-refractivity contribution in [2.45, 2.75) is 13.3 Å². The summed E-state index contributed by atoms with van der Waals surface area (Å²) >= 11 is 12.6. The van der Waals surface area contributed by atoms with Gasteiger partial charge in [0.1, 0.15) is 4.88 Å². The number of anilines is 1. The van der Waals surface area contributed by atoms with Gasteiger partial charge in [0.05, 0.1) is 15.7 Å². The molecule has 0 aliphatic carbocycles. The van der Waals surface area contributed by atoms with Crippen molar-refractivity contribution in [2.24, 2.45) is 0 Å². The number of phenols is 1. The van der Waals surface area contributed by atoms with E-state index < -0.39 is 0 Å². The summed E-state index contributed by atoms with van der Waals surface area (Å²) in [4.78, 5) is 12.5. The Hall–Kier alpha value is -1.37. The fourth-order valence-electron chi connectivity index (χ4n) is 1.44. The molecule has 0 aliphatic rings. The Morgan fingerprint density at radius 2 is 2.05 bits per heavy atom. The van der Waals surface area contributed by atoms with Crippen LogP contribution in [0.5, 0.6) is 5.75 Å². The smallest absolute Gasteiger partial charge is 0.269 e. The van der Waals surface area contributed by atoms with Crippen LogP contribution in [0.25, 0.3) is 0 Å². The average Bonchev–Trinajstić information content (AvgIpc) is 2.84. The number of amides is 1. The van der Waals surface area contributed by atoms with E-state index in [4.69, 9.17) is 23.2 Å². The largest absolute Gasteiger partial charge is 0.505 e. The van der Waals surface area contributed by atoms with E-state index in [1.807, 2.05) is 6.92 Å². The van der Waals surface area contributed by atoms with Gasteiger partial charge in [0.25, 0.3) is 5.91 Å². The summed E-state index contributed by atoms with van der Waals surface area (Å²) in [5.74, 6) is -0.542. The summed E-state index contributed by atoms with van der Waals surface area (Å²) in [7, 11) is 0. The fourth-order valence-corrected chi connectivity index (χ4v) is 2.57. The van der Waals surface area contributed by atoms with Crippen LogP contribution in [0.15, 0.2) is 12.1 Å². The third-order valence-corrected chi connectivity index (χ3v) is 3.71. The zero-order valence-corrected chi connectivity index (χ0v) is 12.1. The molecule has 0 unspecified atom stereocenters. The molecule has 5 nitrogen and oxygen atoms in total. The summed E-state index contributed by atoms with van der Waals surface area (Å²) in [6, 6.07) is 2.83. The first-order valence-corrected chi connectivity index (χ1v) is 6.86. The number of aromatic hydroxyl groups is 1. The summed E-state index contributed by atoms with van der Waals surface area (Å²) in [6.07, 6.45) is 0.621. The minimum absolute atomic E-state index is 0.0703. The lowest BCUT2D eigenvalue weighted by molar-refractivity contribution is 0.102. The number of carbonyl (C=O) groups excluding carboxylic acids is 1. The van der Waals surface area contributed by atoms with Crippen molar-refractivity contribution in [1.29, 1.82) is 0 Å². The van der Waals surface area contributed by atoms with Crippen LogP contribution in [-0.2, 0) is 6.42 Å². The number of nitrogens with one attached hydrogen (secondary N) is 1. The highest BCUT2D eigenvalue weighted by molar-refractivity contribution is 7.08. The van der Waals surface area contributed by atoms with E-state index >= 15 is 0 Å². The van der Waals surface area contributed by atoms with Crippen molar-refractivity contribution < 1.29 is 9.90 Å². The molecule has 1 aromatic carbocycles. The van der Waals surface area contributed by atoms with Crippen molar-refractivity contribution >= 4 is 46.3 Å². The number of nitrogens with zero attached hydrogens (tertiary/aromatic N) is 2. The van der Waals surface area contributed by atoms with Gasteiger partial charge in [0.15, 0.2) is 5.75 Å². The Bertz CT molecular complexity index is 607. The molecule has 1 amide bonds. The molecular formula is C11H9Cl2N3O2S. The van der Waals surface area contributed by atoms with E-state index in [9.17, 15) is 9.90 Å². The normalized spacial score (nSPS) is 10.5. The molecule has 2 rings (SSSR count). The molecule has 1 aromatic heterocycles. The molecule has 19 heavy (non-hydrogen) atoms. The maximum absolute atomic E-state index is 12.0. The summed E-state index contributed by atoms with van der Waals surface area (Å²) < 4.78 is 3.74. The molecule has 0 aliphatic heterocycles. The minimum Gasteiger partial charge on any atom is -0.505 e. The van der Waals surface area contributed by atoms with E-state index in [-0.39, 0.29) is 21.7 Å². The SMILES string of the molecule is CCc1nnsc1C(=O)Nc1cc(Cl)c(O)c(Cl)c1. The molecule has 0 fully saturated rings. The lowest BCUT2D eigenvalue weighted by Gasteiger charge is -2.07. The topological polar surface area (TPSA) is 75.1 Å². The third-order valence-electron chi connectivity index (χ3n) is 2.37. The Morgan fingerprint density at radius 1 is 1.42 bits per heavy atom. The summed E-state index contributed by atoms with van der Waals surface area (Å²) in [5, 5.41) is 16.1. The number of phenolic OH excluding ortho intramolecular Hbond substituents is 1. The van der Waals surface area contributed by atoms with Crippen LogP contribution < -0.4 is 5.32 Å². The molecule has 1 heterocycles. The van der Waals surface area contributed by atoms with Gasteiger partial charge in [-0.2, -0.15) is 0 Å². The molecular weight excluding hydrogens is 309 g/mol. The van der Waals surface area contributed by atoms with Crippen molar-refractivity contribution in [1.82, 2.24) is 9.59 Å². The van der Waals surface area contributed by atoms with Gasteiger partial charge in [-0.3, -0.25) is 4.79 Å². The number of halogens is 2. The van der Waals surface area contributed by atoms with Crippen molar-refractivity contribution in [2.75, 3.05) is 5.32 Å². The average molecular weight is 318 g/mol. The molecule has 2 N–H and O–H groups in total. The van der Waals surface area contributed by atoms with Gasteiger partial charge >= 0.3 is 0 Å². The van der Waals surface area contributed by atoms with Gasteiger partial charge in [-0.1, -0.05) is 34.6 Å². The zero-order valence-electron chi connectivity index (χ0n) is 9.78. The van der Waals surface area contributed by atoms with Gasteiger partial charge in [-0.15, -0.1) is 5.10 Å². The van der Waals surface area contributed by atoms with E-state index in [2.05, 4.69) is 14.9 Å². The Kier molecular flexibility index (Phi) is 4.24. The van der Waals surface area contributed by atoms with Crippen LogP contribution >= 0.6 is 34.7 Å².